The van der Waals surface area contributed by atoms with Gasteiger partial charge in [0.25, 0.3) is 0 Å². The minimum absolute atomic E-state index is 0.0669. The molecule has 33 heavy (non-hydrogen) atoms. The van der Waals surface area contributed by atoms with E-state index in [4.69, 9.17) is 15.7 Å². The number of hydrogen-bond donors (Lipinski definition) is 1. The first-order valence-electron chi connectivity index (χ1n) is 11.1. The van der Waals surface area contributed by atoms with E-state index in [-0.39, 0.29) is 55.5 Å². The summed E-state index contributed by atoms with van der Waals surface area (Å²) in [6, 6.07) is 3.28. The van der Waals surface area contributed by atoms with E-state index in [0.717, 1.165) is 12.1 Å². The van der Waals surface area contributed by atoms with Gasteiger partial charge in [-0.15, -0.1) is 0 Å². The summed E-state index contributed by atoms with van der Waals surface area (Å²) in [7, 11) is 0. The van der Waals surface area contributed by atoms with E-state index in [1.807, 2.05) is 0 Å². The van der Waals surface area contributed by atoms with Crippen LogP contribution in [-0.2, 0) is 16.1 Å². The number of carbonyl (C=O) groups is 1. The third-order valence-corrected chi connectivity index (χ3v) is 6.33. The fourth-order valence-electron chi connectivity index (χ4n) is 4.54. The monoisotopic (exact) mass is 464 g/mol. The zero-order valence-corrected chi connectivity index (χ0v) is 18.2. The number of anilines is 1. The molecule has 8 nitrogen and oxygen atoms in total. The number of alkyl halides is 1. The molecule has 2 aliphatic heterocycles. The van der Waals surface area contributed by atoms with E-state index in [0.29, 0.717) is 38.5 Å². The number of benzene rings is 1. The Morgan fingerprint density at radius 1 is 1.27 bits per heavy atom. The number of fused-ring (bicyclic) bond motifs is 1. The zero-order chi connectivity index (χ0) is 23.5. The highest BCUT2D eigenvalue weighted by Gasteiger charge is 2.31. The second kappa shape index (κ2) is 9.97. The maximum atomic E-state index is 14.1. The van der Waals surface area contributed by atoms with Gasteiger partial charge in [-0.05, 0) is 19.3 Å². The third kappa shape index (κ3) is 4.91. The molecule has 4 rings (SSSR count). The van der Waals surface area contributed by atoms with Crippen LogP contribution in [0.25, 0.3) is 11.0 Å². The summed E-state index contributed by atoms with van der Waals surface area (Å²) in [4.78, 5) is 21.3. The Labute approximate surface area is 189 Å². The molecule has 3 heterocycles. The van der Waals surface area contributed by atoms with Crippen LogP contribution in [0.1, 0.15) is 25.7 Å². The van der Waals surface area contributed by atoms with Gasteiger partial charge < -0.3 is 24.8 Å². The van der Waals surface area contributed by atoms with Crippen LogP contribution in [0, 0.1) is 23.0 Å². The average Bonchev–Trinajstić information content (AvgIpc) is 3.14. The van der Waals surface area contributed by atoms with Crippen LogP contribution in [0.5, 0.6) is 0 Å². The number of nitrogens with zero attached hydrogens (tertiary/aromatic N) is 5. The average molecular weight is 464 g/mol. The Bertz CT molecular complexity index is 1050. The SMILES string of the molecule is N#CCCN(C(=O)Cn1c(N2CC[C@@H](F)[C@H](N)C2)nc2cc(F)c(F)cc21)C1CCOCC1. The normalized spacial score (nSPS) is 21.8. The molecule has 2 aromatic rings. The van der Waals surface area contributed by atoms with Crippen LogP contribution in [0.4, 0.5) is 19.1 Å². The highest BCUT2D eigenvalue weighted by atomic mass is 19.2. The molecule has 2 fully saturated rings. The van der Waals surface area contributed by atoms with Gasteiger partial charge in [-0.25, -0.2) is 18.2 Å². The van der Waals surface area contributed by atoms with Crippen molar-refractivity contribution >= 4 is 22.9 Å². The minimum Gasteiger partial charge on any atom is -0.381 e. The molecule has 1 amide bonds. The molecule has 0 bridgehead atoms. The maximum Gasteiger partial charge on any atom is 0.242 e. The summed E-state index contributed by atoms with van der Waals surface area (Å²) in [5, 5.41) is 9.06. The quantitative estimate of drug-likeness (QED) is 0.703. The van der Waals surface area contributed by atoms with Gasteiger partial charge >= 0.3 is 0 Å². The first kappa shape index (κ1) is 23.3. The molecule has 1 aromatic carbocycles. The minimum atomic E-state index is -1.15. The third-order valence-electron chi connectivity index (χ3n) is 6.33. The molecule has 2 atom stereocenters. The van der Waals surface area contributed by atoms with E-state index in [2.05, 4.69) is 11.1 Å². The summed E-state index contributed by atoms with van der Waals surface area (Å²) in [5.41, 5.74) is 6.37. The predicted octanol–water partition coefficient (Wildman–Crippen LogP) is 2.11. The lowest BCUT2D eigenvalue weighted by molar-refractivity contribution is -0.135. The van der Waals surface area contributed by atoms with E-state index in [9.17, 15) is 18.0 Å². The zero-order valence-electron chi connectivity index (χ0n) is 18.2. The molecule has 0 radical (unpaired) electrons. The first-order valence-corrected chi connectivity index (χ1v) is 11.1. The van der Waals surface area contributed by atoms with Gasteiger partial charge in [0.1, 0.15) is 12.7 Å². The van der Waals surface area contributed by atoms with Crippen molar-refractivity contribution in [2.24, 2.45) is 5.73 Å². The molecular formula is C22H27F3N6O2. The number of nitriles is 1. The Hall–Kier alpha value is -2.84. The van der Waals surface area contributed by atoms with Crippen molar-refractivity contribution in [1.29, 1.82) is 5.26 Å². The second-order valence-corrected chi connectivity index (χ2v) is 8.51. The van der Waals surface area contributed by atoms with Crippen molar-refractivity contribution in [2.75, 3.05) is 37.7 Å². The molecule has 1 aromatic heterocycles. The van der Waals surface area contributed by atoms with Crippen LogP contribution in [-0.4, -0.2) is 71.5 Å². The summed E-state index contributed by atoms with van der Waals surface area (Å²) in [6.45, 7) is 1.63. The van der Waals surface area contributed by atoms with Gasteiger partial charge in [-0.3, -0.25) is 4.79 Å². The fourth-order valence-corrected chi connectivity index (χ4v) is 4.54. The van der Waals surface area contributed by atoms with Crippen molar-refractivity contribution < 1.29 is 22.7 Å². The molecule has 0 spiro atoms. The highest BCUT2D eigenvalue weighted by molar-refractivity contribution is 5.83. The first-order chi connectivity index (χ1) is 15.9. The van der Waals surface area contributed by atoms with Gasteiger partial charge in [0.2, 0.25) is 11.9 Å². The largest absolute Gasteiger partial charge is 0.381 e. The topological polar surface area (TPSA) is 100 Å². The number of carbonyl (C=O) groups excluding carboxylic acids is 1. The van der Waals surface area contributed by atoms with Crippen molar-refractivity contribution in [3.8, 4) is 6.07 Å². The van der Waals surface area contributed by atoms with Crippen LogP contribution >= 0.6 is 0 Å². The second-order valence-electron chi connectivity index (χ2n) is 8.51. The number of imidazole rings is 1. The maximum absolute atomic E-state index is 14.1. The molecule has 0 unspecified atom stereocenters. The summed E-state index contributed by atoms with van der Waals surface area (Å²) < 4.78 is 48.9. The van der Waals surface area contributed by atoms with Gasteiger partial charge in [0, 0.05) is 51.0 Å². The van der Waals surface area contributed by atoms with Crippen LogP contribution in [0.3, 0.4) is 0 Å². The molecule has 2 N–H and O–H groups in total. The lowest BCUT2D eigenvalue weighted by atomic mass is 10.1. The van der Waals surface area contributed by atoms with Crippen molar-refractivity contribution in [3.05, 3.63) is 23.8 Å². The molecule has 2 saturated heterocycles. The summed E-state index contributed by atoms with van der Waals surface area (Å²) >= 11 is 0. The number of nitrogens with two attached hydrogens (primary N) is 1. The standard InChI is InChI=1S/C22H27F3N6O2/c23-15-2-7-29(12-18(15)27)22-28-19-10-16(24)17(25)11-20(19)31(22)13-21(32)30(6-1-5-26)14-3-8-33-9-4-14/h10-11,14-15,18H,1-4,6-9,12-13,27H2/t15-,18-/m1/s1. The number of aromatic nitrogens is 2. The molecule has 11 heteroatoms. The Morgan fingerprint density at radius 2 is 2.00 bits per heavy atom. The number of halogens is 3. The van der Waals surface area contributed by atoms with Gasteiger partial charge in [0.15, 0.2) is 11.6 Å². The Kier molecular flexibility index (Phi) is 7.05. The summed E-state index contributed by atoms with van der Waals surface area (Å²) in [6.07, 6.45) is 0.544. The molecule has 0 saturated carbocycles. The lowest BCUT2D eigenvalue weighted by Gasteiger charge is -2.35. The van der Waals surface area contributed by atoms with Crippen molar-refractivity contribution in [3.63, 3.8) is 0 Å². The van der Waals surface area contributed by atoms with Crippen LogP contribution < -0.4 is 10.6 Å². The van der Waals surface area contributed by atoms with Gasteiger partial charge in [-0.1, -0.05) is 0 Å². The number of ether oxygens (including phenoxy) is 1. The van der Waals surface area contributed by atoms with E-state index < -0.39 is 23.8 Å². The smallest absolute Gasteiger partial charge is 0.242 e. The highest BCUT2D eigenvalue weighted by Crippen LogP contribution is 2.28. The predicted molar refractivity (Wildman–Crippen MR) is 115 cm³/mol. The lowest BCUT2D eigenvalue weighted by Crippen LogP contribution is -2.50. The molecular weight excluding hydrogens is 437 g/mol. The van der Waals surface area contributed by atoms with E-state index >= 15 is 0 Å². The fraction of sp³-hybridized carbons (Fsp3) is 0.591. The van der Waals surface area contributed by atoms with Crippen molar-refractivity contribution in [1.82, 2.24) is 14.5 Å². The molecule has 2 aliphatic rings. The van der Waals surface area contributed by atoms with Crippen molar-refractivity contribution in [2.45, 2.75) is 50.5 Å². The number of rotatable bonds is 6. The van der Waals surface area contributed by atoms with Crippen LogP contribution in [0.2, 0.25) is 0 Å². The Balaban J connectivity index is 1.69. The summed E-state index contributed by atoms with van der Waals surface area (Å²) in [5.74, 6) is -2.03. The molecule has 0 aliphatic carbocycles. The van der Waals surface area contributed by atoms with Gasteiger partial charge in [0.05, 0.1) is 29.6 Å². The van der Waals surface area contributed by atoms with E-state index in [1.165, 1.54) is 4.57 Å². The number of piperidine rings is 1. The number of hydrogen-bond acceptors (Lipinski definition) is 6. The number of amides is 1. The van der Waals surface area contributed by atoms with E-state index in [1.54, 1.807) is 9.80 Å². The van der Waals surface area contributed by atoms with Crippen LogP contribution in [0.15, 0.2) is 12.1 Å². The Morgan fingerprint density at radius 3 is 2.70 bits per heavy atom. The molecule has 178 valence electrons. The van der Waals surface area contributed by atoms with Gasteiger partial charge in [-0.2, -0.15) is 5.26 Å².